The van der Waals surface area contributed by atoms with Gasteiger partial charge < -0.3 is 5.73 Å². The van der Waals surface area contributed by atoms with Gasteiger partial charge in [0.25, 0.3) is 0 Å². The summed E-state index contributed by atoms with van der Waals surface area (Å²) in [6, 6.07) is 4.52. The second kappa shape index (κ2) is 5.87. The fraction of sp³-hybridized carbons (Fsp3) is 0.348. The largest absolute Gasteiger partial charge is 0.366 e. The highest BCUT2D eigenvalue weighted by molar-refractivity contribution is 6.07. The van der Waals surface area contributed by atoms with E-state index in [2.05, 4.69) is 59.4 Å². The fourth-order valence-corrected chi connectivity index (χ4v) is 3.64. The van der Waals surface area contributed by atoms with Gasteiger partial charge in [-0.25, -0.2) is 0 Å². The number of benzene rings is 1. The van der Waals surface area contributed by atoms with Crippen molar-refractivity contribution in [3.05, 3.63) is 69.8 Å². The average Bonchev–Trinajstić information content (AvgIpc) is 2.88. The summed E-state index contributed by atoms with van der Waals surface area (Å²) in [5.41, 5.74) is 14.4. The maximum Gasteiger partial charge on any atom is 0.249 e. The average molecular weight is 333 g/mol. The van der Waals surface area contributed by atoms with Crippen LogP contribution < -0.4 is 5.73 Å². The van der Waals surface area contributed by atoms with Crippen molar-refractivity contribution in [1.29, 1.82) is 0 Å². The molecule has 2 N–H and O–H groups in total. The third kappa shape index (κ3) is 3.02. The van der Waals surface area contributed by atoms with Crippen molar-refractivity contribution < 1.29 is 4.79 Å². The molecular weight excluding hydrogens is 306 g/mol. The molecule has 1 aromatic carbocycles. The monoisotopic (exact) mass is 333 g/mol. The van der Waals surface area contributed by atoms with Crippen LogP contribution in [0.5, 0.6) is 0 Å². The molecule has 1 aromatic rings. The van der Waals surface area contributed by atoms with Crippen molar-refractivity contribution in [2.45, 2.75) is 46.5 Å². The molecule has 1 unspecified atom stereocenters. The van der Waals surface area contributed by atoms with Gasteiger partial charge in [0, 0.05) is 5.57 Å². The minimum Gasteiger partial charge on any atom is -0.366 e. The summed E-state index contributed by atoms with van der Waals surface area (Å²) in [4.78, 5) is 12.1. The summed E-state index contributed by atoms with van der Waals surface area (Å²) in [6.45, 7) is 15.2. The molecule has 0 heterocycles. The van der Waals surface area contributed by atoms with Crippen LogP contribution in [0.25, 0.3) is 11.6 Å². The molecule has 0 spiro atoms. The number of amides is 1. The van der Waals surface area contributed by atoms with E-state index in [9.17, 15) is 4.79 Å². The standard InChI is InChI=1S/C23H27NO/c1-13-9-16-11-17(23(4,5)6)12-20(19(16)10-13)21-15(3)14(2)7-8-18(21)22(24)25/h7-9,11-12,14H,3,10H2,1-2,4-6H3,(H2,24,25). The van der Waals surface area contributed by atoms with Crippen molar-refractivity contribution in [3.63, 3.8) is 0 Å². The quantitative estimate of drug-likeness (QED) is 0.818. The van der Waals surface area contributed by atoms with E-state index in [1.165, 1.54) is 22.3 Å². The van der Waals surface area contributed by atoms with Gasteiger partial charge in [-0.3, -0.25) is 4.79 Å². The molecule has 130 valence electrons. The Morgan fingerprint density at radius 3 is 2.56 bits per heavy atom. The summed E-state index contributed by atoms with van der Waals surface area (Å²) < 4.78 is 0. The fourth-order valence-electron chi connectivity index (χ4n) is 3.64. The smallest absolute Gasteiger partial charge is 0.249 e. The van der Waals surface area contributed by atoms with Crippen molar-refractivity contribution in [2.75, 3.05) is 0 Å². The second-order valence-electron chi connectivity index (χ2n) is 8.34. The van der Waals surface area contributed by atoms with Gasteiger partial charge in [0.1, 0.15) is 0 Å². The van der Waals surface area contributed by atoms with Gasteiger partial charge in [-0.1, -0.05) is 70.2 Å². The lowest BCUT2D eigenvalue weighted by Crippen LogP contribution is -2.19. The van der Waals surface area contributed by atoms with Crippen LogP contribution >= 0.6 is 0 Å². The Labute approximate surface area is 150 Å². The SMILES string of the molecule is C=C1C(c2cc(C(C)(C)C)cc3c2CC(C)=C3)=C(C(N)=O)C=CC1C. The zero-order valence-corrected chi connectivity index (χ0v) is 15.9. The second-order valence-corrected chi connectivity index (χ2v) is 8.34. The third-order valence-electron chi connectivity index (χ3n) is 5.23. The van der Waals surface area contributed by atoms with Crippen molar-refractivity contribution in [1.82, 2.24) is 0 Å². The summed E-state index contributed by atoms with van der Waals surface area (Å²) in [5.74, 6) is -0.195. The number of rotatable bonds is 2. The van der Waals surface area contributed by atoms with E-state index in [0.29, 0.717) is 5.57 Å². The van der Waals surface area contributed by atoms with Crippen LogP contribution in [-0.4, -0.2) is 5.91 Å². The Kier molecular flexibility index (Phi) is 4.10. The van der Waals surface area contributed by atoms with Crippen LogP contribution in [0.1, 0.15) is 56.9 Å². The molecule has 2 aliphatic carbocycles. The first-order valence-corrected chi connectivity index (χ1v) is 8.86. The third-order valence-corrected chi connectivity index (χ3v) is 5.23. The number of nitrogens with two attached hydrogens (primary N) is 1. The first-order valence-electron chi connectivity index (χ1n) is 8.86. The van der Waals surface area contributed by atoms with Gasteiger partial charge in [-0.2, -0.15) is 0 Å². The van der Waals surface area contributed by atoms with Crippen molar-refractivity contribution >= 4 is 17.6 Å². The zero-order valence-electron chi connectivity index (χ0n) is 15.9. The lowest BCUT2D eigenvalue weighted by atomic mass is 9.77. The molecule has 0 aromatic heterocycles. The molecule has 1 amide bonds. The number of hydrogen-bond acceptors (Lipinski definition) is 1. The Morgan fingerprint density at radius 1 is 1.28 bits per heavy atom. The van der Waals surface area contributed by atoms with E-state index in [1.54, 1.807) is 0 Å². The predicted octanol–water partition coefficient (Wildman–Crippen LogP) is 4.94. The minimum atomic E-state index is -0.392. The molecule has 25 heavy (non-hydrogen) atoms. The molecule has 0 radical (unpaired) electrons. The van der Waals surface area contributed by atoms with Crippen molar-refractivity contribution in [2.24, 2.45) is 11.7 Å². The topological polar surface area (TPSA) is 43.1 Å². The lowest BCUT2D eigenvalue weighted by Gasteiger charge is -2.27. The molecule has 2 nitrogen and oxygen atoms in total. The van der Waals surface area contributed by atoms with E-state index in [1.807, 2.05) is 12.2 Å². The minimum absolute atomic E-state index is 0.0268. The first-order chi connectivity index (χ1) is 11.6. The molecule has 0 bridgehead atoms. The normalized spacial score (nSPS) is 20.0. The van der Waals surface area contributed by atoms with Gasteiger partial charge in [0.2, 0.25) is 5.91 Å². The summed E-state index contributed by atoms with van der Waals surface area (Å²) >= 11 is 0. The number of allylic oxidation sites excluding steroid dienone is 4. The summed E-state index contributed by atoms with van der Waals surface area (Å²) in [6.07, 6.45) is 7.03. The summed E-state index contributed by atoms with van der Waals surface area (Å²) in [5, 5.41) is 0. The van der Waals surface area contributed by atoms with Crippen LogP contribution in [0.3, 0.4) is 0 Å². The Morgan fingerprint density at radius 2 is 1.96 bits per heavy atom. The Balaban J connectivity index is 2.33. The van der Waals surface area contributed by atoms with Crippen molar-refractivity contribution in [3.8, 4) is 0 Å². The van der Waals surface area contributed by atoms with Gasteiger partial charge in [-0.05, 0) is 58.1 Å². The van der Waals surface area contributed by atoms with Crippen LogP contribution in [0.15, 0.2) is 47.6 Å². The molecule has 2 aliphatic rings. The van der Waals surface area contributed by atoms with E-state index >= 15 is 0 Å². The maximum absolute atomic E-state index is 12.1. The highest BCUT2D eigenvalue weighted by atomic mass is 16.1. The molecular formula is C23H27NO. The molecule has 0 saturated carbocycles. The van der Waals surface area contributed by atoms with Crippen LogP contribution in [0, 0.1) is 5.92 Å². The number of hydrogen-bond donors (Lipinski definition) is 1. The van der Waals surface area contributed by atoms with Gasteiger partial charge in [0.05, 0.1) is 0 Å². The number of carbonyl (C=O) groups is 1. The molecule has 1 atom stereocenters. The molecule has 0 fully saturated rings. The molecule has 0 saturated heterocycles. The Hall–Kier alpha value is -2.35. The highest BCUT2D eigenvalue weighted by Crippen LogP contribution is 2.42. The molecule has 3 rings (SSSR count). The molecule has 2 heteroatoms. The summed E-state index contributed by atoms with van der Waals surface area (Å²) in [7, 11) is 0. The van der Waals surface area contributed by atoms with Gasteiger partial charge in [-0.15, -0.1) is 0 Å². The van der Waals surface area contributed by atoms with E-state index in [4.69, 9.17) is 5.73 Å². The number of primary amides is 1. The van der Waals surface area contributed by atoms with E-state index in [-0.39, 0.29) is 11.3 Å². The van der Waals surface area contributed by atoms with Gasteiger partial charge in [0.15, 0.2) is 0 Å². The van der Waals surface area contributed by atoms with E-state index in [0.717, 1.165) is 23.1 Å². The lowest BCUT2D eigenvalue weighted by molar-refractivity contribution is -0.114. The number of fused-ring (bicyclic) bond motifs is 1. The van der Waals surface area contributed by atoms with E-state index < -0.39 is 5.91 Å². The molecule has 0 aliphatic heterocycles. The van der Waals surface area contributed by atoms with Crippen LogP contribution in [-0.2, 0) is 16.6 Å². The van der Waals surface area contributed by atoms with Crippen LogP contribution in [0.4, 0.5) is 0 Å². The maximum atomic E-state index is 12.1. The number of carbonyl (C=O) groups excluding carboxylic acids is 1. The predicted molar refractivity (Wildman–Crippen MR) is 106 cm³/mol. The first kappa shape index (κ1) is 17.5. The van der Waals surface area contributed by atoms with Crippen LogP contribution in [0.2, 0.25) is 0 Å². The highest BCUT2D eigenvalue weighted by Gasteiger charge is 2.28. The Bertz CT molecular complexity index is 872. The van der Waals surface area contributed by atoms with Gasteiger partial charge >= 0.3 is 0 Å². The zero-order chi connectivity index (χ0) is 18.5.